The molecular weight excluding hydrogens is 224 g/mol. The molecule has 100 valence electrons. The van der Waals surface area contributed by atoms with E-state index < -0.39 is 0 Å². The molecule has 2 nitrogen and oxygen atoms in total. The number of rotatable bonds is 9. The molecule has 0 N–H and O–H groups in total. The number of epoxide rings is 1. The van der Waals surface area contributed by atoms with Gasteiger partial charge in [-0.05, 0) is 25.3 Å². The molecule has 1 aromatic rings. The molecule has 1 aliphatic heterocycles. The second-order valence-electron chi connectivity index (χ2n) is 5.44. The summed E-state index contributed by atoms with van der Waals surface area (Å²) in [5.74, 6) is 0. The average Bonchev–Trinajstić information content (AvgIpc) is 3.12. The first-order valence-electron chi connectivity index (χ1n) is 7.04. The maximum Gasteiger partial charge on any atom is 0.0888 e. The van der Waals surface area contributed by atoms with E-state index in [1.807, 2.05) is 6.07 Å². The largest absolute Gasteiger partial charge is 0.377 e. The van der Waals surface area contributed by atoms with E-state index in [2.05, 4.69) is 31.2 Å². The lowest BCUT2D eigenvalue weighted by molar-refractivity contribution is 0.116. The van der Waals surface area contributed by atoms with Crippen LogP contribution in [0.4, 0.5) is 0 Å². The lowest BCUT2D eigenvalue weighted by Gasteiger charge is -2.06. The number of benzene rings is 1. The Morgan fingerprint density at radius 1 is 1.11 bits per heavy atom. The van der Waals surface area contributed by atoms with Gasteiger partial charge in [0.2, 0.25) is 0 Å². The quantitative estimate of drug-likeness (QED) is 0.487. The van der Waals surface area contributed by atoms with Crippen LogP contribution >= 0.6 is 0 Å². The fourth-order valence-corrected chi connectivity index (χ4v) is 2.09. The first-order chi connectivity index (χ1) is 8.79. The van der Waals surface area contributed by atoms with Gasteiger partial charge in [0.05, 0.1) is 18.8 Å². The molecule has 0 bridgehead atoms. The van der Waals surface area contributed by atoms with Crippen molar-refractivity contribution in [2.45, 2.75) is 51.2 Å². The molecule has 0 radical (unpaired) electrons. The number of ether oxygens (including phenoxy) is 2. The van der Waals surface area contributed by atoms with Gasteiger partial charge in [0, 0.05) is 6.61 Å². The van der Waals surface area contributed by atoms with E-state index in [0.29, 0.717) is 0 Å². The molecule has 2 heteroatoms. The molecule has 18 heavy (non-hydrogen) atoms. The number of hydrogen-bond donors (Lipinski definition) is 0. The minimum atomic E-state index is 0.240. The van der Waals surface area contributed by atoms with Crippen molar-refractivity contribution in [2.24, 2.45) is 0 Å². The van der Waals surface area contributed by atoms with Crippen molar-refractivity contribution in [3.8, 4) is 0 Å². The first-order valence-corrected chi connectivity index (χ1v) is 7.04. The van der Waals surface area contributed by atoms with Crippen molar-refractivity contribution in [1.82, 2.24) is 0 Å². The van der Waals surface area contributed by atoms with Gasteiger partial charge in [0.1, 0.15) is 0 Å². The predicted octanol–water partition coefficient (Wildman–Crippen LogP) is 3.94. The summed E-state index contributed by atoms with van der Waals surface area (Å²) in [6.45, 7) is 4.79. The van der Waals surface area contributed by atoms with Crippen LogP contribution in [0.15, 0.2) is 30.3 Å². The van der Waals surface area contributed by atoms with E-state index in [4.69, 9.17) is 9.47 Å². The minimum Gasteiger partial charge on any atom is -0.377 e. The van der Waals surface area contributed by atoms with Crippen molar-refractivity contribution >= 4 is 0 Å². The third-order valence-corrected chi connectivity index (χ3v) is 3.49. The van der Waals surface area contributed by atoms with Gasteiger partial charge in [-0.3, -0.25) is 0 Å². The molecular formula is C16H24O2. The molecule has 2 rings (SSSR count). The fraction of sp³-hybridized carbons (Fsp3) is 0.625. The van der Waals surface area contributed by atoms with Crippen LogP contribution in [0.2, 0.25) is 0 Å². The Morgan fingerprint density at radius 3 is 2.56 bits per heavy atom. The van der Waals surface area contributed by atoms with Crippen LogP contribution in [0, 0.1) is 0 Å². The normalized spacial score (nSPS) is 22.1. The second kappa shape index (κ2) is 6.91. The van der Waals surface area contributed by atoms with E-state index in [0.717, 1.165) is 19.8 Å². The van der Waals surface area contributed by atoms with Gasteiger partial charge in [-0.1, -0.05) is 49.6 Å². The van der Waals surface area contributed by atoms with Gasteiger partial charge in [0.25, 0.3) is 0 Å². The van der Waals surface area contributed by atoms with E-state index >= 15 is 0 Å². The van der Waals surface area contributed by atoms with Gasteiger partial charge in [-0.15, -0.1) is 0 Å². The van der Waals surface area contributed by atoms with E-state index in [9.17, 15) is 0 Å². The highest BCUT2D eigenvalue weighted by Crippen LogP contribution is 2.31. The smallest absolute Gasteiger partial charge is 0.0888 e. The van der Waals surface area contributed by atoms with Crippen LogP contribution < -0.4 is 0 Å². The maximum absolute atomic E-state index is 5.65. The predicted molar refractivity (Wildman–Crippen MR) is 73.5 cm³/mol. The molecule has 1 aromatic carbocycles. The Kier molecular flexibility index (Phi) is 5.21. The lowest BCUT2D eigenvalue weighted by Crippen LogP contribution is -2.03. The number of hydrogen-bond acceptors (Lipinski definition) is 2. The lowest BCUT2D eigenvalue weighted by atomic mass is 10.0. The zero-order valence-electron chi connectivity index (χ0n) is 11.4. The standard InChI is InChI=1S/C16H24O2/c1-16(14-18-16)11-7-2-3-8-12-17-13-15-9-5-4-6-10-15/h4-6,9-10H,2-3,7-8,11-14H2,1H3. The highest BCUT2D eigenvalue weighted by Gasteiger charge is 2.37. The fourth-order valence-electron chi connectivity index (χ4n) is 2.09. The van der Waals surface area contributed by atoms with E-state index in [1.54, 1.807) is 0 Å². The third kappa shape index (κ3) is 5.19. The van der Waals surface area contributed by atoms with Gasteiger partial charge in [0.15, 0.2) is 0 Å². The molecule has 1 aliphatic rings. The Bertz CT molecular complexity index is 330. The molecule has 0 saturated carbocycles. The topological polar surface area (TPSA) is 21.8 Å². The summed E-state index contributed by atoms with van der Waals surface area (Å²) in [7, 11) is 0. The summed E-state index contributed by atoms with van der Waals surface area (Å²) in [6, 6.07) is 10.4. The van der Waals surface area contributed by atoms with Gasteiger partial charge >= 0.3 is 0 Å². The van der Waals surface area contributed by atoms with Crippen molar-refractivity contribution in [1.29, 1.82) is 0 Å². The van der Waals surface area contributed by atoms with E-state index in [-0.39, 0.29) is 5.60 Å². The molecule has 1 heterocycles. The summed E-state index contributed by atoms with van der Waals surface area (Å²) in [6.07, 6.45) is 6.25. The third-order valence-electron chi connectivity index (χ3n) is 3.49. The summed E-state index contributed by atoms with van der Waals surface area (Å²) >= 11 is 0. The van der Waals surface area contributed by atoms with Crippen LogP contribution in [-0.4, -0.2) is 18.8 Å². The van der Waals surface area contributed by atoms with E-state index in [1.165, 1.54) is 37.7 Å². The van der Waals surface area contributed by atoms with Crippen molar-refractivity contribution in [2.75, 3.05) is 13.2 Å². The summed E-state index contributed by atoms with van der Waals surface area (Å²) < 4.78 is 11.0. The Morgan fingerprint density at radius 2 is 1.83 bits per heavy atom. The van der Waals surface area contributed by atoms with Crippen LogP contribution in [0.25, 0.3) is 0 Å². The monoisotopic (exact) mass is 248 g/mol. The Labute approximate surface area is 110 Å². The summed E-state index contributed by atoms with van der Waals surface area (Å²) in [5, 5.41) is 0. The van der Waals surface area contributed by atoms with Gasteiger partial charge in [-0.2, -0.15) is 0 Å². The SMILES string of the molecule is CC1(CCCCCCOCc2ccccc2)CO1. The van der Waals surface area contributed by atoms with Crippen molar-refractivity contribution < 1.29 is 9.47 Å². The molecule has 1 fully saturated rings. The van der Waals surface area contributed by atoms with Crippen molar-refractivity contribution in [3.63, 3.8) is 0 Å². The molecule has 0 aliphatic carbocycles. The summed E-state index contributed by atoms with van der Waals surface area (Å²) in [5.41, 5.74) is 1.50. The number of unbranched alkanes of at least 4 members (excludes halogenated alkanes) is 3. The van der Waals surface area contributed by atoms with Crippen LogP contribution in [0.1, 0.15) is 44.6 Å². The zero-order valence-corrected chi connectivity index (χ0v) is 11.4. The average molecular weight is 248 g/mol. The van der Waals surface area contributed by atoms with Crippen LogP contribution in [0.3, 0.4) is 0 Å². The summed E-state index contributed by atoms with van der Waals surface area (Å²) in [4.78, 5) is 0. The molecule has 1 saturated heterocycles. The zero-order chi connectivity index (χ0) is 12.7. The highest BCUT2D eigenvalue weighted by atomic mass is 16.6. The first kappa shape index (κ1) is 13.6. The maximum atomic E-state index is 5.65. The Hall–Kier alpha value is -0.860. The Balaban J connectivity index is 1.40. The minimum absolute atomic E-state index is 0.240. The van der Waals surface area contributed by atoms with Gasteiger partial charge < -0.3 is 9.47 Å². The molecule has 1 unspecified atom stereocenters. The molecule has 0 amide bonds. The van der Waals surface area contributed by atoms with Crippen LogP contribution in [0.5, 0.6) is 0 Å². The molecule has 1 atom stereocenters. The molecule has 0 spiro atoms. The van der Waals surface area contributed by atoms with Crippen LogP contribution in [-0.2, 0) is 16.1 Å². The van der Waals surface area contributed by atoms with Crippen molar-refractivity contribution in [3.05, 3.63) is 35.9 Å². The highest BCUT2D eigenvalue weighted by molar-refractivity contribution is 5.13. The second-order valence-corrected chi connectivity index (χ2v) is 5.44. The molecule has 0 aromatic heterocycles. The van der Waals surface area contributed by atoms with Gasteiger partial charge in [-0.25, -0.2) is 0 Å².